The van der Waals surface area contributed by atoms with Gasteiger partial charge < -0.3 is 5.32 Å². The van der Waals surface area contributed by atoms with E-state index in [0.717, 1.165) is 29.5 Å². The minimum Gasteiger partial charge on any atom is -0.308 e. The maximum absolute atomic E-state index is 5.69. The summed E-state index contributed by atoms with van der Waals surface area (Å²) >= 11 is 5.69. The Bertz CT molecular complexity index is 178. The topological polar surface area (TPSA) is 12.0 Å². The van der Waals surface area contributed by atoms with Gasteiger partial charge in [0.05, 0.1) is 0 Å². The van der Waals surface area contributed by atoms with E-state index in [1.54, 1.807) is 0 Å². The van der Waals surface area contributed by atoms with Gasteiger partial charge in [0.15, 0.2) is 0 Å². The summed E-state index contributed by atoms with van der Waals surface area (Å²) in [5.74, 6) is 1.93. The van der Waals surface area contributed by atoms with E-state index in [1.165, 1.54) is 25.7 Å². The van der Waals surface area contributed by atoms with Gasteiger partial charge in [-0.15, -0.1) is 0 Å². The second kappa shape index (κ2) is 3.39. The van der Waals surface area contributed by atoms with E-state index in [0.29, 0.717) is 0 Å². The average Bonchev–Trinajstić information content (AvgIpc) is 2.74. The third kappa shape index (κ3) is 1.67. The summed E-state index contributed by atoms with van der Waals surface area (Å²) in [6.45, 7) is 4.47. The highest BCUT2D eigenvalue weighted by Crippen LogP contribution is 2.49. The third-order valence-corrected chi connectivity index (χ3v) is 3.32. The number of nitrogens with one attached hydrogen (secondary N) is 1. The molecular weight excluding hydrogens is 170 g/mol. The van der Waals surface area contributed by atoms with Gasteiger partial charge in [0.1, 0.15) is 0 Å². The lowest BCUT2D eigenvalue weighted by molar-refractivity contribution is 0.480. The molecular formula is C10H16ClN. The molecule has 1 nitrogen and oxygen atoms in total. The minimum absolute atomic E-state index is 0.735. The van der Waals surface area contributed by atoms with Crippen LogP contribution in [0.15, 0.2) is 11.6 Å². The quantitative estimate of drug-likeness (QED) is 0.713. The van der Waals surface area contributed by atoms with Crippen molar-refractivity contribution < 1.29 is 0 Å². The van der Waals surface area contributed by atoms with Crippen LogP contribution in [0, 0.1) is 11.8 Å². The first-order valence-electron chi connectivity index (χ1n) is 4.85. The van der Waals surface area contributed by atoms with Crippen molar-refractivity contribution in [2.24, 2.45) is 11.8 Å². The Morgan fingerprint density at radius 3 is 2.42 bits per heavy atom. The Morgan fingerprint density at radius 1 is 1.33 bits per heavy atom. The first-order chi connectivity index (χ1) is 5.79. The van der Waals surface area contributed by atoms with E-state index in [9.17, 15) is 0 Å². The van der Waals surface area contributed by atoms with Crippen LogP contribution in [-0.4, -0.2) is 12.6 Å². The van der Waals surface area contributed by atoms with E-state index in [-0.39, 0.29) is 0 Å². The van der Waals surface area contributed by atoms with Crippen molar-refractivity contribution >= 4 is 11.6 Å². The van der Waals surface area contributed by atoms with Crippen molar-refractivity contribution in [3.63, 3.8) is 0 Å². The van der Waals surface area contributed by atoms with Crippen molar-refractivity contribution in [3.05, 3.63) is 11.6 Å². The molecule has 2 atom stereocenters. The molecule has 68 valence electrons. The summed E-state index contributed by atoms with van der Waals surface area (Å²) in [5.41, 5.74) is 0. The maximum Gasteiger partial charge on any atom is 0.0310 e. The molecule has 0 heterocycles. The zero-order chi connectivity index (χ0) is 8.55. The molecule has 12 heavy (non-hydrogen) atoms. The van der Waals surface area contributed by atoms with Crippen molar-refractivity contribution in [2.75, 3.05) is 6.54 Å². The summed E-state index contributed by atoms with van der Waals surface area (Å²) in [5, 5.41) is 4.20. The number of fused-ring (bicyclic) bond motifs is 1. The van der Waals surface area contributed by atoms with Gasteiger partial charge in [-0.3, -0.25) is 0 Å². The molecule has 2 fully saturated rings. The molecule has 1 N–H and O–H groups in total. The summed E-state index contributed by atoms with van der Waals surface area (Å²) in [6, 6.07) is 0.767. The van der Waals surface area contributed by atoms with Gasteiger partial charge in [-0.1, -0.05) is 31.0 Å². The lowest BCUT2D eigenvalue weighted by Gasteiger charge is -2.04. The van der Waals surface area contributed by atoms with Crippen LogP contribution in [0.3, 0.4) is 0 Å². The normalized spacial score (nSPS) is 38.9. The second-order valence-electron chi connectivity index (χ2n) is 4.04. The predicted octanol–water partition coefficient (Wildman–Crippen LogP) is 2.52. The van der Waals surface area contributed by atoms with Gasteiger partial charge in [0.25, 0.3) is 0 Å². The van der Waals surface area contributed by atoms with E-state index >= 15 is 0 Å². The minimum atomic E-state index is 0.735. The molecule has 0 saturated heterocycles. The third-order valence-electron chi connectivity index (χ3n) is 3.19. The molecule has 2 saturated carbocycles. The first-order valence-corrected chi connectivity index (χ1v) is 5.23. The molecule has 0 bridgehead atoms. The summed E-state index contributed by atoms with van der Waals surface area (Å²) in [4.78, 5) is 0. The Morgan fingerprint density at radius 2 is 1.92 bits per heavy atom. The lowest BCUT2D eigenvalue weighted by atomic mass is 10.0. The van der Waals surface area contributed by atoms with Gasteiger partial charge in [-0.2, -0.15) is 0 Å². The molecule has 0 spiro atoms. The predicted molar refractivity (Wildman–Crippen MR) is 52.2 cm³/mol. The van der Waals surface area contributed by atoms with Gasteiger partial charge in [0.2, 0.25) is 0 Å². The summed E-state index contributed by atoms with van der Waals surface area (Å²) in [7, 11) is 0. The Balaban J connectivity index is 1.74. The standard InChI is InChI=1S/C10H16ClN/c1-7(11)6-12-10-8-4-2-3-5-9(8)10/h8-10,12H,1-6H2. The second-order valence-corrected chi connectivity index (χ2v) is 4.57. The van der Waals surface area contributed by atoms with Gasteiger partial charge in [-0.05, 0) is 24.7 Å². The number of hydrogen-bond acceptors (Lipinski definition) is 1. The summed E-state index contributed by atoms with van der Waals surface area (Å²) < 4.78 is 0. The van der Waals surface area contributed by atoms with E-state index in [2.05, 4.69) is 11.9 Å². The molecule has 2 rings (SSSR count). The Kier molecular flexibility index (Phi) is 2.42. The van der Waals surface area contributed by atoms with Crippen LogP contribution in [-0.2, 0) is 0 Å². The molecule has 0 aromatic heterocycles. The number of hydrogen-bond donors (Lipinski definition) is 1. The molecule has 2 heteroatoms. The summed E-state index contributed by atoms with van der Waals surface area (Å²) in [6.07, 6.45) is 5.72. The van der Waals surface area contributed by atoms with Crippen LogP contribution in [0.2, 0.25) is 0 Å². The molecule has 0 amide bonds. The monoisotopic (exact) mass is 185 g/mol. The van der Waals surface area contributed by atoms with E-state index in [4.69, 9.17) is 11.6 Å². The van der Waals surface area contributed by atoms with Crippen LogP contribution in [0.25, 0.3) is 0 Å². The Labute approximate surface area is 79.2 Å². The number of rotatable bonds is 3. The molecule has 2 unspecified atom stereocenters. The molecule has 2 aliphatic rings. The van der Waals surface area contributed by atoms with Crippen LogP contribution in [0.4, 0.5) is 0 Å². The average molecular weight is 186 g/mol. The first kappa shape index (κ1) is 8.58. The van der Waals surface area contributed by atoms with E-state index in [1.807, 2.05) is 0 Å². The van der Waals surface area contributed by atoms with Gasteiger partial charge in [-0.25, -0.2) is 0 Å². The molecule has 0 aliphatic heterocycles. The molecule has 0 aromatic carbocycles. The molecule has 0 radical (unpaired) electrons. The highest BCUT2D eigenvalue weighted by Gasteiger charge is 2.49. The largest absolute Gasteiger partial charge is 0.308 e. The van der Waals surface area contributed by atoms with Crippen molar-refractivity contribution in [1.29, 1.82) is 0 Å². The molecule has 2 aliphatic carbocycles. The highest BCUT2D eigenvalue weighted by molar-refractivity contribution is 6.29. The van der Waals surface area contributed by atoms with Crippen molar-refractivity contribution in [1.82, 2.24) is 5.32 Å². The van der Waals surface area contributed by atoms with Crippen molar-refractivity contribution in [2.45, 2.75) is 31.7 Å². The van der Waals surface area contributed by atoms with Crippen LogP contribution < -0.4 is 5.32 Å². The number of halogens is 1. The fourth-order valence-corrected chi connectivity index (χ4v) is 2.60. The fourth-order valence-electron chi connectivity index (χ4n) is 2.52. The Hall–Kier alpha value is -0.0100. The van der Waals surface area contributed by atoms with Crippen LogP contribution in [0.1, 0.15) is 25.7 Å². The fraction of sp³-hybridized carbons (Fsp3) is 0.800. The van der Waals surface area contributed by atoms with Gasteiger partial charge in [0, 0.05) is 17.6 Å². The van der Waals surface area contributed by atoms with Crippen LogP contribution >= 0.6 is 11.6 Å². The zero-order valence-electron chi connectivity index (χ0n) is 7.35. The SMILES string of the molecule is C=C(Cl)CNC1C2CCCCC21. The van der Waals surface area contributed by atoms with Crippen molar-refractivity contribution in [3.8, 4) is 0 Å². The maximum atomic E-state index is 5.69. The highest BCUT2D eigenvalue weighted by atomic mass is 35.5. The lowest BCUT2D eigenvalue weighted by Crippen LogP contribution is -2.20. The molecule has 0 aromatic rings. The van der Waals surface area contributed by atoms with E-state index < -0.39 is 0 Å². The zero-order valence-corrected chi connectivity index (χ0v) is 8.11. The van der Waals surface area contributed by atoms with Gasteiger partial charge >= 0.3 is 0 Å². The smallest absolute Gasteiger partial charge is 0.0310 e. The van der Waals surface area contributed by atoms with Crippen LogP contribution in [0.5, 0.6) is 0 Å².